The van der Waals surface area contributed by atoms with Gasteiger partial charge in [-0.2, -0.15) is 5.10 Å². The first-order valence-corrected chi connectivity index (χ1v) is 10.6. The van der Waals surface area contributed by atoms with Crippen molar-refractivity contribution in [2.24, 2.45) is 11.8 Å². The third-order valence-corrected chi connectivity index (χ3v) is 7.19. The van der Waals surface area contributed by atoms with E-state index in [0.717, 1.165) is 49.6 Å². The number of carbonyl (C=O) groups is 1. The first-order chi connectivity index (χ1) is 13.9. The zero-order chi connectivity index (χ0) is 20.2. The first-order valence-electron chi connectivity index (χ1n) is 10.6. The lowest BCUT2D eigenvalue weighted by Crippen LogP contribution is -2.41. The molecule has 5 rings (SSSR count). The number of fused-ring (bicyclic) bond motifs is 1. The summed E-state index contributed by atoms with van der Waals surface area (Å²) in [5.41, 5.74) is 5.03. The van der Waals surface area contributed by atoms with Gasteiger partial charge in [-0.05, 0) is 45.7 Å². The van der Waals surface area contributed by atoms with Gasteiger partial charge in [0.2, 0.25) is 0 Å². The lowest BCUT2D eigenvalue weighted by Gasteiger charge is -2.29. The molecule has 4 atom stereocenters. The predicted molar refractivity (Wildman–Crippen MR) is 108 cm³/mol. The Balaban J connectivity index is 1.25. The average molecular weight is 396 g/mol. The molecule has 2 aromatic rings. The number of pyridine rings is 1. The molecule has 0 aromatic carbocycles. The van der Waals surface area contributed by atoms with Crippen molar-refractivity contribution in [3.8, 4) is 0 Å². The summed E-state index contributed by atoms with van der Waals surface area (Å²) in [7, 11) is 0. The van der Waals surface area contributed by atoms with Crippen LogP contribution in [0.5, 0.6) is 0 Å². The number of aromatic nitrogens is 3. The lowest BCUT2D eigenvalue weighted by atomic mass is 9.73. The monoisotopic (exact) mass is 395 g/mol. The van der Waals surface area contributed by atoms with Crippen LogP contribution in [0.3, 0.4) is 0 Å². The summed E-state index contributed by atoms with van der Waals surface area (Å²) in [6.07, 6.45) is 4.15. The highest BCUT2D eigenvalue weighted by atomic mass is 16.5. The van der Waals surface area contributed by atoms with Gasteiger partial charge in [-0.25, -0.2) is 0 Å². The highest BCUT2D eigenvalue weighted by Gasteiger charge is 2.62. The van der Waals surface area contributed by atoms with Gasteiger partial charge in [-0.1, -0.05) is 0 Å². The SMILES string of the molecule is Cc1ccc(C(=O)NC[C@H]2[C@H]3CN(Cc4c(C)n[nH]c4C)C[C@]34CC[C@H]2O4)cn1. The second-order valence-electron chi connectivity index (χ2n) is 9.01. The zero-order valence-electron chi connectivity index (χ0n) is 17.4. The largest absolute Gasteiger partial charge is 0.370 e. The molecule has 7 nitrogen and oxygen atoms in total. The number of hydrogen-bond donors (Lipinski definition) is 2. The van der Waals surface area contributed by atoms with Crippen LogP contribution in [0.1, 0.15) is 45.8 Å². The predicted octanol–water partition coefficient (Wildman–Crippen LogP) is 2.14. The molecule has 3 saturated heterocycles. The highest BCUT2D eigenvalue weighted by Crippen LogP contribution is 2.54. The number of hydrogen-bond acceptors (Lipinski definition) is 5. The van der Waals surface area contributed by atoms with Gasteiger partial charge in [0.15, 0.2) is 0 Å². The maximum Gasteiger partial charge on any atom is 0.252 e. The fourth-order valence-corrected chi connectivity index (χ4v) is 5.63. The molecule has 7 heteroatoms. The van der Waals surface area contributed by atoms with E-state index in [1.54, 1.807) is 6.20 Å². The Morgan fingerprint density at radius 2 is 2.24 bits per heavy atom. The molecule has 0 saturated carbocycles. The minimum absolute atomic E-state index is 0.0307. The topological polar surface area (TPSA) is 83.1 Å². The van der Waals surface area contributed by atoms with Crippen LogP contribution in [0.25, 0.3) is 0 Å². The van der Waals surface area contributed by atoms with Crippen molar-refractivity contribution < 1.29 is 9.53 Å². The van der Waals surface area contributed by atoms with Gasteiger partial charge >= 0.3 is 0 Å². The number of carbonyl (C=O) groups excluding carboxylic acids is 1. The zero-order valence-corrected chi connectivity index (χ0v) is 17.4. The van der Waals surface area contributed by atoms with Crippen LogP contribution in [0.15, 0.2) is 18.3 Å². The number of aryl methyl sites for hydroxylation is 3. The Morgan fingerprint density at radius 1 is 1.38 bits per heavy atom. The van der Waals surface area contributed by atoms with Crippen molar-refractivity contribution in [2.45, 2.75) is 51.9 Å². The molecule has 29 heavy (non-hydrogen) atoms. The normalized spacial score (nSPS) is 30.7. The molecule has 2 bridgehead atoms. The van der Waals surface area contributed by atoms with Gasteiger partial charge in [-0.3, -0.25) is 19.8 Å². The molecule has 1 amide bonds. The molecule has 3 aliphatic heterocycles. The van der Waals surface area contributed by atoms with E-state index in [9.17, 15) is 4.79 Å². The van der Waals surface area contributed by atoms with E-state index in [4.69, 9.17) is 4.74 Å². The van der Waals surface area contributed by atoms with Crippen molar-refractivity contribution in [1.29, 1.82) is 0 Å². The Morgan fingerprint density at radius 3 is 2.97 bits per heavy atom. The second-order valence-corrected chi connectivity index (χ2v) is 9.01. The summed E-state index contributed by atoms with van der Waals surface area (Å²) in [4.78, 5) is 19.3. The number of aromatic amines is 1. The number of H-pyrrole nitrogens is 1. The van der Waals surface area contributed by atoms with E-state index < -0.39 is 0 Å². The van der Waals surface area contributed by atoms with E-state index in [2.05, 4.69) is 39.2 Å². The van der Waals surface area contributed by atoms with Crippen LogP contribution >= 0.6 is 0 Å². The van der Waals surface area contributed by atoms with Gasteiger partial charge < -0.3 is 10.1 Å². The molecule has 2 aromatic heterocycles. The molecule has 3 aliphatic rings. The van der Waals surface area contributed by atoms with Crippen molar-refractivity contribution in [2.75, 3.05) is 19.6 Å². The van der Waals surface area contributed by atoms with Crippen LogP contribution < -0.4 is 5.32 Å². The summed E-state index contributed by atoms with van der Waals surface area (Å²) < 4.78 is 6.53. The van der Waals surface area contributed by atoms with Crippen LogP contribution in [-0.4, -0.2) is 57.3 Å². The number of rotatable bonds is 5. The van der Waals surface area contributed by atoms with Gasteiger partial charge in [0.25, 0.3) is 5.91 Å². The summed E-state index contributed by atoms with van der Waals surface area (Å²) in [5.74, 6) is 0.807. The first kappa shape index (κ1) is 18.8. The Hall–Kier alpha value is -2.25. The number of ether oxygens (including phenoxy) is 1. The van der Waals surface area contributed by atoms with E-state index >= 15 is 0 Å². The third-order valence-electron chi connectivity index (χ3n) is 7.19. The second kappa shape index (κ2) is 6.92. The minimum atomic E-state index is -0.0474. The Labute approximate surface area is 171 Å². The van der Waals surface area contributed by atoms with E-state index in [1.165, 1.54) is 5.56 Å². The van der Waals surface area contributed by atoms with Crippen LogP contribution in [0.2, 0.25) is 0 Å². The fraction of sp³-hybridized carbons (Fsp3) is 0.591. The number of nitrogens with zero attached hydrogens (tertiary/aromatic N) is 3. The standard InChI is InChI=1S/C22H29N5O2/c1-13-4-5-16(8-23-13)21(28)24-9-17-19-11-27(10-18-14(2)25-26-15(18)3)12-22(19)7-6-20(17)29-22/h4-5,8,17,19-20H,6-7,9-12H2,1-3H3,(H,24,28)(H,25,26)/t17-,19+,20+,22+/m0/s1. The molecule has 0 unspecified atom stereocenters. The van der Waals surface area contributed by atoms with E-state index in [-0.39, 0.29) is 17.6 Å². The summed E-state index contributed by atoms with van der Waals surface area (Å²) >= 11 is 0. The molecule has 3 fully saturated rings. The molecule has 154 valence electrons. The molecular formula is C22H29N5O2. The van der Waals surface area contributed by atoms with Gasteiger partial charge in [-0.15, -0.1) is 0 Å². The number of amides is 1. The van der Waals surface area contributed by atoms with Crippen molar-refractivity contribution in [3.63, 3.8) is 0 Å². The fourth-order valence-electron chi connectivity index (χ4n) is 5.63. The maximum atomic E-state index is 12.5. The van der Waals surface area contributed by atoms with Crippen LogP contribution in [0, 0.1) is 32.6 Å². The molecule has 0 aliphatic carbocycles. The quantitative estimate of drug-likeness (QED) is 0.810. The Kier molecular flexibility index (Phi) is 4.47. The summed E-state index contributed by atoms with van der Waals surface area (Å²) in [6, 6.07) is 3.71. The molecule has 1 spiro atoms. The number of nitrogens with one attached hydrogen (secondary N) is 2. The van der Waals surface area contributed by atoms with Crippen LogP contribution in [0.4, 0.5) is 0 Å². The average Bonchev–Trinajstić information content (AvgIpc) is 3.43. The molecule has 2 N–H and O–H groups in total. The summed E-state index contributed by atoms with van der Waals surface area (Å²) in [5, 5.41) is 10.6. The molecule has 5 heterocycles. The number of likely N-dealkylation sites (tertiary alicyclic amines) is 1. The Bertz CT molecular complexity index is 904. The van der Waals surface area contributed by atoms with E-state index in [1.807, 2.05) is 19.1 Å². The smallest absolute Gasteiger partial charge is 0.252 e. The molecular weight excluding hydrogens is 366 g/mol. The van der Waals surface area contributed by atoms with Gasteiger partial charge in [0.05, 0.1) is 23.0 Å². The van der Waals surface area contributed by atoms with Crippen molar-refractivity contribution >= 4 is 5.91 Å². The van der Waals surface area contributed by atoms with Gasteiger partial charge in [0.1, 0.15) is 0 Å². The van der Waals surface area contributed by atoms with Crippen molar-refractivity contribution in [3.05, 3.63) is 46.5 Å². The highest BCUT2D eigenvalue weighted by molar-refractivity contribution is 5.93. The lowest BCUT2D eigenvalue weighted by molar-refractivity contribution is 0.00209. The van der Waals surface area contributed by atoms with Crippen LogP contribution in [-0.2, 0) is 11.3 Å². The summed E-state index contributed by atoms with van der Waals surface area (Å²) in [6.45, 7) is 9.65. The van der Waals surface area contributed by atoms with Crippen molar-refractivity contribution in [1.82, 2.24) is 25.4 Å². The van der Waals surface area contributed by atoms with E-state index in [0.29, 0.717) is 23.9 Å². The maximum absolute atomic E-state index is 12.5. The van der Waals surface area contributed by atoms with Gasteiger partial charge in [0, 0.05) is 61.2 Å². The molecule has 0 radical (unpaired) electrons. The minimum Gasteiger partial charge on any atom is -0.370 e. The third kappa shape index (κ3) is 3.16.